The normalized spacial score (nSPS) is 10.7. The second-order valence-electron chi connectivity index (χ2n) is 2.34. The first-order valence-electron chi connectivity index (χ1n) is 3.32. The zero-order valence-corrected chi connectivity index (χ0v) is 7.14. The number of hydrogen-bond acceptors (Lipinski definition) is 4. The average molecular weight is 165 g/mol. The van der Waals surface area contributed by atoms with Gasteiger partial charge in [-0.05, 0) is 13.8 Å². The predicted molar refractivity (Wildman–Crippen MR) is 44.7 cm³/mol. The summed E-state index contributed by atoms with van der Waals surface area (Å²) in [5.74, 6) is 0.780. The molecule has 0 bridgehead atoms. The number of thiazole rings is 1. The molecule has 0 aromatic carbocycles. The number of hydrogen-bond donors (Lipinski definition) is 0. The van der Waals surface area contributed by atoms with Gasteiger partial charge in [0.05, 0.1) is 15.9 Å². The van der Waals surface area contributed by atoms with Crippen molar-refractivity contribution >= 4 is 21.7 Å². The van der Waals surface area contributed by atoms with Gasteiger partial charge in [-0.25, -0.2) is 15.0 Å². The molecule has 11 heavy (non-hydrogen) atoms. The van der Waals surface area contributed by atoms with Gasteiger partial charge in [-0.1, -0.05) is 0 Å². The molecule has 2 aromatic heterocycles. The molecule has 2 aromatic rings. The summed E-state index contributed by atoms with van der Waals surface area (Å²) in [5.41, 5.74) is 0.819. The lowest BCUT2D eigenvalue weighted by atomic mass is 10.6. The largest absolute Gasteiger partial charge is 0.240 e. The molecule has 0 saturated carbocycles. The molecule has 0 aliphatic carbocycles. The molecule has 3 nitrogen and oxygen atoms in total. The van der Waals surface area contributed by atoms with E-state index in [0.29, 0.717) is 0 Å². The summed E-state index contributed by atoms with van der Waals surface area (Å²) in [6, 6.07) is 0. The fraction of sp³-hybridized carbons (Fsp3) is 0.286. The topological polar surface area (TPSA) is 38.7 Å². The van der Waals surface area contributed by atoms with E-state index in [4.69, 9.17) is 0 Å². The summed E-state index contributed by atoms with van der Waals surface area (Å²) in [6.07, 6.45) is 1.82. The van der Waals surface area contributed by atoms with Gasteiger partial charge in [-0.15, -0.1) is 11.3 Å². The van der Waals surface area contributed by atoms with Crippen LogP contribution in [0.2, 0.25) is 0 Å². The van der Waals surface area contributed by atoms with Crippen molar-refractivity contribution in [3.8, 4) is 0 Å². The lowest BCUT2D eigenvalue weighted by Gasteiger charge is -1.87. The smallest absolute Gasteiger partial charge is 0.174 e. The highest BCUT2D eigenvalue weighted by molar-refractivity contribution is 7.18. The number of aryl methyl sites for hydroxylation is 2. The first-order chi connectivity index (χ1) is 5.25. The molecule has 0 aliphatic heterocycles. The van der Waals surface area contributed by atoms with Crippen molar-refractivity contribution in [1.29, 1.82) is 0 Å². The van der Waals surface area contributed by atoms with Crippen LogP contribution < -0.4 is 0 Å². The Morgan fingerprint density at radius 3 is 2.91 bits per heavy atom. The van der Waals surface area contributed by atoms with Gasteiger partial charge in [0.1, 0.15) is 5.82 Å². The molecular formula is C7H7N3S. The Morgan fingerprint density at radius 1 is 1.27 bits per heavy atom. The van der Waals surface area contributed by atoms with Gasteiger partial charge in [0.2, 0.25) is 0 Å². The third-order valence-corrected chi connectivity index (χ3v) is 2.27. The van der Waals surface area contributed by atoms with Gasteiger partial charge in [0.15, 0.2) is 5.65 Å². The van der Waals surface area contributed by atoms with E-state index in [1.807, 2.05) is 20.0 Å². The van der Waals surface area contributed by atoms with Crippen molar-refractivity contribution in [2.75, 3.05) is 0 Å². The van der Waals surface area contributed by atoms with Crippen LogP contribution in [0.15, 0.2) is 6.20 Å². The Bertz CT molecular complexity index is 393. The van der Waals surface area contributed by atoms with Crippen LogP contribution >= 0.6 is 11.3 Å². The van der Waals surface area contributed by atoms with Crippen molar-refractivity contribution < 1.29 is 0 Å². The van der Waals surface area contributed by atoms with E-state index in [0.717, 1.165) is 21.2 Å². The Hall–Kier alpha value is -1.03. The van der Waals surface area contributed by atoms with E-state index in [-0.39, 0.29) is 0 Å². The summed E-state index contributed by atoms with van der Waals surface area (Å²) in [5, 5.41) is 1.04. The second kappa shape index (κ2) is 2.23. The third-order valence-electron chi connectivity index (χ3n) is 1.38. The highest BCUT2D eigenvalue weighted by Crippen LogP contribution is 2.17. The van der Waals surface area contributed by atoms with Crippen LogP contribution in [0, 0.1) is 13.8 Å². The van der Waals surface area contributed by atoms with E-state index in [1.165, 1.54) is 0 Å². The van der Waals surface area contributed by atoms with Gasteiger partial charge in [-0.3, -0.25) is 0 Å². The number of fused-ring (bicyclic) bond motifs is 1. The van der Waals surface area contributed by atoms with Crippen LogP contribution in [0.5, 0.6) is 0 Å². The van der Waals surface area contributed by atoms with Crippen molar-refractivity contribution in [2.45, 2.75) is 13.8 Å². The van der Waals surface area contributed by atoms with Crippen molar-refractivity contribution in [2.24, 2.45) is 0 Å². The van der Waals surface area contributed by atoms with Crippen molar-refractivity contribution in [3.05, 3.63) is 17.0 Å². The molecule has 56 valence electrons. The molecule has 0 unspecified atom stereocenters. The Kier molecular flexibility index (Phi) is 1.35. The Morgan fingerprint density at radius 2 is 2.09 bits per heavy atom. The van der Waals surface area contributed by atoms with Crippen LogP contribution in [-0.4, -0.2) is 15.0 Å². The summed E-state index contributed by atoms with van der Waals surface area (Å²) in [4.78, 5) is 12.5. The van der Waals surface area contributed by atoms with Crippen molar-refractivity contribution in [3.63, 3.8) is 0 Å². The van der Waals surface area contributed by atoms with Gasteiger partial charge in [0, 0.05) is 0 Å². The fourth-order valence-corrected chi connectivity index (χ4v) is 1.67. The number of nitrogens with zero attached hydrogens (tertiary/aromatic N) is 3. The van der Waals surface area contributed by atoms with Gasteiger partial charge < -0.3 is 0 Å². The van der Waals surface area contributed by atoms with Crippen LogP contribution in [0.1, 0.15) is 10.8 Å². The standard InChI is InChI=1S/C7H7N3S/c1-4-8-3-6-7(9-4)10-5(2)11-6/h3H,1-2H3. The summed E-state index contributed by atoms with van der Waals surface area (Å²) < 4.78 is 1.06. The van der Waals surface area contributed by atoms with Crippen LogP contribution in [0.25, 0.3) is 10.3 Å². The summed E-state index contributed by atoms with van der Waals surface area (Å²) in [7, 11) is 0. The fourth-order valence-electron chi connectivity index (χ4n) is 0.930. The highest BCUT2D eigenvalue weighted by atomic mass is 32.1. The molecule has 4 heteroatoms. The lowest BCUT2D eigenvalue weighted by Crippen LogP contribution is -1.85. The average Bonchev–Trinajstić information content (AvgIpc) is 2.27. The molecule has 0 aliphatic rings. The first-order valence-corrected chi connectivity index (χ1v) is 4.14. The molecular weight excluding hydrogens is 158 g/mol. The molecule has 0 spiro atoms. The SMILES string of the molecule is Cc1ncc2sc(C)nc2n1. The van der Waals surface area contributed by atoms with Crippen LogP contribution in [0.3, 0.4) is 0 Å². The van der Waals surface area contributed by atoms with Crippen LogP contribution in [0.4, 0.5) is 0 Å². The molecule has 2 heterocycles. The quantitative estimate of drug-likeness (QED) is 0.596. The van der Waals surface area contributed by atoms with E-state index in [2.05, 4.69) is 15.0 Å². The van der Waals surface area contributed by atoms with Gasteiger partial charge in [0.25, 0.3) is 0 Å². The number of aromatic nitrogens is 3. The molecule has 0 radical (unpaired) electrons. The second-order valence-corrected chi connectivity index (χ2v) is 3.57. The minimum atomic E-state index is 0.780. The molecule has 0 saturated heterocycles. The first kappa shape index (κ1) is 6.67. The zero-order valence-electron chi connectivity index (χ0n) is 6.33. The molecule has 0 N–H and O–H groups in total. The van der Waals surface area contributed by atoms with Gasteiger partial charge in [-0.2, -0.15) is 0 Å². The Labute approximate surface area is 68.1 Å². The highest BCUT2D eigenvalue weighted by Gasteiger charge is 2.00. The lowest BCUT2D eigenvalue weighted by molar-refractivity contribution is 1.08. The van der Waals surface area contributed by atoms with E-state index in [9.17, 15) is 0 Å². The molecule has 2 rings (SSSR count). The minimum absolute atomic E-state index is 0.780. The maximum atomic E-state index is 4.24. The van der Waals surface area contributed by atoms with E-state index < -0.39 is 0 Å². The van der Waals surface area contributed by atoms with Crippen molar-refractivity contribution in [1.82, 2.24) is 15.0 Å². The summed E-state index contributed by atoms with van der Waals surface area (Å²) >= 11 is 1.62. The molecule has 0 fully saturated rings. The zero-order chi connectivity index (χ0) is 7.84. The summed E-state index contributed by atoms with van der Waals surface area (Å²) in [6.45, 7) is 3.84. The minimum Gasteiger partial charge on any atom is -0.240 e. The van der Waals surface area contributed by atoms with E-state index in [1.54, 1.807) is 11.3 Å². The maximum Gasteiger partial charge on any atom is 0.174 e. The molecule has 0 amide bonds. The predicted octanol–water partition coefficient (Wildman–Crippen LogP) is 1.70. The van der Waals surface area contributed by atoms with Gasteiger partial charge >= 0.3 is 0 Å². The van der Waals surface area contributed by atoms with E-state index >= 15 is 0 Å². The molecule has 0 atom stereocenters. The number of rotatable bonds is 0. The Balaban J connectivity index is 2.82. The monoisotopic (exact) mass is 165 g/mol. The van der Waals surface area contributed by atoms with Crippen LogP contribution in [-0.2, 0) is 0 Å². The maximum absolute atomic E-state index is 4.24. The third kappa shape index (κ3) is 1.09.